The topological polar surface area (TPSA) is 37.3 Å². The van der Waals surface area contributed by atoms with E-state index in [1.165, 1.54) is 0 Å². The zero-order valence-electron chi connectivity index (χ0n) is 6.34. The van der Waals surface area contributed by atoms with E-state index in [0.29, 0.717) is 24.0 Å². The van der Waals surface area contributed by atoms with E-state index in [4.69, 9.17) is 5.11 Å². The zero-order chi connectivity index (χ0) is 7.56. The molecule has 0 heterocycles. The minimum Gasteiger partial charge on any atom is -0.396 e. The maximum atomic E-state index is 10.8. The predicted octanol–water partition coefficient (Wildman–Crippen LogP) is 0.984. The van der Waals surface area contributed by atoms with Gasteiger partial charge in [0.05, 0.1) is 0 Å². The van der Waals surface area contributed by atoms with Gasteiger partial charge >= 0.3 is 0 Å². The summed E-state index contributed by atoms with van der Waals surface area (Å²) in [6.45, 7) is 2.22. The summed E-state index contributed by atoms with van der Waals surface area (Å²) in [4.78, 5) is 10.8. The van der Waals surface area contributed by atoms with E-state index < -0.39 is 0 Å². The molecule has 0 bridgehead atoms. The molecule has 0 aromatic heterocycles. The molecule has 1 fully saturated rings. The van der Waals surface area contributed by atoms with Gasteiger partial charge in [-0.3, -0.25) is 4.79 Å². The van der Waals surface area contributed by atoms with Crippen LogP contribution in [0.4, 0.5) is 0 Å². The average molecular weight is 142 g/mol. The molecule has 0 amide bonds. The molecule has 0 saturated heterocycles. The maximum absolute atomic E-state index is 10.8. The lowest BCUT2D eigenvalue weighted by Crippen LogP contribution is -2.12. The largest absolute Gasteiger partial charge is 0.396 e. The van der Waals surface area contributed by atoms with Gasteiger partial charge in [-0.15, -0.1) is 0 Å². The Morgan fingerprint density at radius 2 is 2.50 bits per heavy atom. The quantitative estimate of drug-likeness (QED) is 0.624. The number of rotatable bonds is 2. The van der Waals surface area contributed by atoms with Crippen molar-refractivity contribution in [2.75, 3.05) is 6.61 Å². The van der Waals surface area contributed by atoms with Crippen molar-refractivity contribution in [3.63, 3.8) is 0 Å². The summed E-state index contributed by atoms with van der Waals surface area (Å²) in [5, 5.41) is 8.77. The molecule has 1 N–H and O–H groups in total. The van der Waals surface area contributed by atoms with Gasteiger partial charge < -0.3 is 5.11 Å². The summed E-state index contributed by atoms with van der Waals surface area (Å²) in [5.41, 5.74) is 0. The van der Waals surface area contributed by atoms with Crippen LogP contribution in [0.15, 0.2) is 0 Å². The van der Waals surface area contributed by atoms with Crippen molar-refractivity contribution in [3.8, 4) is 0 Å². The van der Waals surface area contributed by atoms with Crippen LogP contribution in [0.1, 0.15) is 26.2 Å². The molecule has 10 heavy (non-hydrogen) atoms. The van der Waals surface area contributed by atoms with Crippen molar-refractivity contribution in [1.82, 2.24) is 0 Å². The highest BCUT2D eigenvalue weighted by Crippen LogP contribution is 2.28. The Bertz CT molecular complexity index is 131. The Kier molecular flexibility index (Phi) is 2.44. The van der Waals surface area contributed by atoms with Gasteiger partial charge in [-0.25, -0.2) is 0 Å². The van der Waals surface area contributed by atoms with Gasteiger partial charge in [0.15, 0.2) is 0 Å². The Labute approximate surface area is 61.2 Å². The van der Waals surface area contributed by atoms with Crippen molar-refractivity contribution in [2.45, 2.75) is 26.2 Å². The second-order valence-electron chi connectivity index (χ2n) is 3.20. The SMILES string of the molecule is CC(CO)C1CCC(=O)C1. The minimum absolute atomic E-state index is 0.220. The van der Waals surface area contributed by atoms with Crippen molar-refractivity contribution < 1.29 is 9.90 Å². The molecule has 2 atom stereocenters. The van der Waals surface area contributed by atoms with Crippen LogP contribution in [0, 0.1) is 11.8 Å². The maximum Gasteiger partial charge on any atom is 0.133 e. The molecule has 0 spiro atoms. The second-order valence-corrected chi connectivity index (χ2v) is 3.20. The third-order valence-electron chi connectivity index (χ3n) is 2.38. The summed E-state index contributed by atoms with van der Waals surface area (Å²) in [6.07, 6.45) is 2.41. The normalized spacial score (nSPS) is 29.0. The van der Waals surface area contributed by atoms with E-state index in [1.807, 2.05) is 6.92 Å². The fourth-order valence-electron chi connectivity index (χ4n) is 1.48. The Morgan fingerprint density at radius 3 is 2.90 bits per heavy atom. The van der Waals surface area contributed by atoms with Gasteiger partial charge in [-0.05, 0) is 18.3 Å². The number of hydrogen-bond acceptors (Lipinski definition) is 2. The smallest absolute Gasteiger partial charge is 0.133 e. The van der Waals surface area contributed by atoms with Crippen LogP contribution in [-0.4, -0.2) is 17.5 Å². The first-order valence-electron chi connectivity index (χ1n) is 3.86. The minimum atomic E-state index is 0.220. The molecule has 1 aliphatic carbocycles. The fourth-order valence-corrected chi connectivity index (χ4v) is 1.48. The molecule has 1 saturated carbocycles. The van der Waals surface area contributed by atoms with E-state index in [-0.39, 0.29) is 6.61 Å². The summed E-state index contributed by atoms with van der Waals surface area (Å²) in [6, 6.07) is 0. The number of aliphatic hydroxyl groups excluding tert-OH is 1. The Hall–Kier alpha value is -0.370. The number of ketones is 1. The summed E-state index contributed by atoms with van der Waals surface area (Å²) in [5.74, 6) is 1.13. The van der Waals surface area contributed by atoms with E-state index in [2.05, 4.69) is 0 Å². The molecular formula is C8H14O2. The fraction of sp³-hybridized carbons (Fsp3) is 0.875. The highest BCUT2D eigenvalue weighted by atomic mass is 16.3. The molecule has 1 rings (SSSR count). The number of aliphatic hydroxyl groups is 1. The first kappa shape index (κ1) is 7.73. The van der Waals surface area contributed by atoms with Crippen LogP contribution in [0.5, 0.6) is 0 Å². The van der Waals surface area contributed by atoms with Gasteiger partial charge in [-0.2, -0.15) is 0 Å². The molecule has 1 aliphatic rings. The van der Waals surface area contributed by atoms with Crippen molar-refractivity contribution in [2.24, 2.45) is 11.8 Å². The lowest BCUT2D eigenvalue weighted by molar-refractivity contribution is -0.117. The van der Waals surface area contributed by atoms with E-state index in [1.54, 1.807) is 0 Å². The molecule has 0 aromatic rings. The Morgan fingerprint density at radius 1 is 1.80 bits per heavy atom. The molecule has 0 aromatic carbocycles. The van der Waals surface area contributed by atoms with Crippen molar-refractivity contribution in [3.05, 3.63) is 0 Å². The van der Waals surface area contributed by atoms with E-state index in [0.717, 1.165) is 12.8 Å². The van der Waals surface area contributed by atoms with Gasteiger partial charge in [0.1, 0.15) is 5.78 Å². The monoisotopic (exact) mass is 142 g/mol. The van der Waals surface area contributed by atoms with Crippen molar-refractivity contribution in [1.29, 1.82) is 0 Å². The van der Waals surface area contributed by atoms with Crippen LogP contribution >= 0.6 is 0 Å². The van der Waals surface area contributed by atoms with Crippen LogP contribution < -0.4 is 0 Å². The molecular weight excluding hydrogens is 128 g/mol. The molecule has 2 nitrogen and oxygen atoms in total. The highest BCUT2D eigenvalue weighted by Gasteiger charge is 2.25. The van der Waals surface area contributed by atoms with Crippen LogP contribution in [0.2, 0.25) is 0 Å². The van der Waals surface area contributed by atoms with E-state index >= 15 is 0 Å². The molecule has 0 radical (unpaired) electrons. The average Bonchev–Trinajstić information content (AvgIpc) is 2.34. The zero-order valence-corrected chi connectivity index (χ0v) is 6.34. The molecule has 2 unspecified atom stereocenters. The van der Waals surface area contributed by atoms with Gasteiger partial charge in [0, 0.05) is 19.4 Å². The first-order valence-corrected chi connectivity index (χ1v) is 3.86. The van der Waals surface area contributed by atoms with Crippen LogP contribution in [-0.2, 0) is 4.79 Å². The lowest BCUT2D eigenvalue weighted by atomic mass is 9.94. The number of carbonyl (C=O) groups is 1. The summed E-state index contributed by atoms with van der Waals surface area (Å²) >= 11 is 0. The summed E-state index contributed by atoms with van der Waals surface area (Å²) < 4.78 is 0. The number of Topliss-reactive ketones (excluding diaryl/α,β-unsaturated/α-hetero) is 1. The number of carbonyl (C=O) groups excluding carboxylic acids is 1. The van der Waals surface area contributed by atoms with Crippen LogP contribution in [0.25, 0.3) is 0 Å². The summed E-state index contributed by atoms with van der Waals surface area (Å²) in [7, 11) is 0. The molecule has 58 valence electrons. The lowest BCUT2D eigenvalue weighted by Gasteiger charge is -2.13. The Balaban J connectivity index is 2.36. The molecule has 0 aliphatic heterocycles. The van der Waals surface area contributed by atoms with Gasteiger partial charge in [-0.1, -0.05) is 6.92 Å². The highest BCUT2D eigenvalue weighted by molar-refractivity contribution is 5.80. The van der Waals surface area contributed by atoms with Gasteiger partial charge in [0.2, 0.25) is 0 Å². The second kappa shape index (κ2) is 3.15. The molecule has 2 heteroatoms. The first-order chi connectivity index (χ1) is 4.74. The van der Waals surface area contributed by atoms with Crippen LogP contribution in [0.3, 0.4) is 0 Å². The third kappa shape index (κ3) is 1.57. The third-order valence-corrected chi connectivity index (χ3v) is 2.38. The predicted molar refractivity (Wildman–Crippen MR) is 38.6 cm³/mol. The van der Waals surface area contributed by atoms with Gasteiger partial charge in [0.25, 0.3) is 0 Å². The standard InChI is InChI=1S/C8H14O2/c1-6(5-9)7-2-3-8(10)4-7/h6-7,9H,2-5H2,1H3. The van der Waals surface area contributed by atoms with Crippen molar-refractivity contribution >= 4 is 5.78 Å². The number of hydrogen-bond donors (Lipinski definition) is 1. The van der Waals surface area contributed by atoms with E-state index in [9.17, 15) is 4.79 Å².